The lowest BCUT2D eigenvalue weighted by Crippen LogP contribution is -2.23. The fourth-order valence-electron chi connectivity index (χ4n) is 3.14. The van der Waals surface area contributed by atoms with E-state index in [1.807, 2.05) is 6.26 Å². The van der Waals surface area contributed by atoms with Crippen molar-refractivity contribution in [2.75, 3.05) is 0 Å². The molecule has 0 saturated heterocycles. The molecule has 0 aliphatic carbocycles. The van der Waals surface area contributed by atoms with Crippen molar-refractivity contribution in [3.05, 3.63) is 47.2 Å². The van der Waals surface area contributed by atoms with Gasteiger partial charge in [0.1, 0.15) is 5.76 Å². The number of furan rings is 1. The third-order valence-corrected chi connectivity index (χ3v) is 5.62. The number of aromatic nitrogens is 1. The Balaban J connectivity index is 2.10. The number of nitrogens with one attached hydrogen (secondary N) is 1. The van der Waals surface area contributed by atoms with Gasteiger partial charge in [-0.1, -0.05) is 62.3 Å². The SMILES string of the molecule is CC(C)c1cc(C(C)(C)CCC(C)(C)c2c[nH]c(C(C)(C)C)c2)co1. The highest BCUT2D eigenvalue weighted by molar-refractivity contribution is 5.29. The van der Waals surface area contributed by atoms with Crippen LogP contribution in [0.25, 0.3) is 0 Å². The molecule has 0 aromatic carbocycles. The Bertz CT molecular complexity index is 692. The van der Waals surface area contributed by atoms with Gasteiger partial charge in [0.2, 0.25) is 0 Å². The smallest absolute Gasteiger partial charge is 0.106 e. The van der Waals surface area contributed by atoms with Crippen molar-refractivity contribution in [2.24, 2.45) is 0 Å². The minimum absolute atomic E-state index is 0.122. The average molecular weight is 344 g/mol. The van der Waals surface area contributed by atoms with E-state index >= 15 is 0 Å². The van der Waals surface area contributed by atoms with Gasteiger partial charge in [0.05, 0.1) is 6.26 Å². The van der Waals surface area contributed by atoms with Crippen LogP contribution in [-0.2, 0) is 16.2 Å². The maximum atomic E-state index is 5.76. The van der Waals surface area contributed by atoms with Crippen LogP contribution in [0.3, 0.4) is 0 Å². The van der Waals surface area contributed by atoms with E-state index in [9.17, 15) is 0 Å². The lowest BCUT2D eigenvalue weighted by atomic mass is 9.73. The number of rotatable bonds is 6. The van der Waals surface area contributed by atoms with Crippen LogP contribution in [0.1, 0.15) is 104 Å². The maximum absolute atomic E-state index is 5.76. The van der Waals surface area contributed by atoms with E-state index in [1.165, 1.54) is 16.8 Å². The molecule has 0 atom stereocenters. The van der Waals surface area contributed by atoms with E-state index in [-0.39, 0.29) is 16.2 Å². The van der Waals surface area contributed by atoms with Crippen molar-refractivity contribution >= 4 is 0 Å². The molecule has 2 aromatic heterocycles. The van der Waals surface area contributed by atoms with Gasteiger partial charge in [-0.05, 0) is 46.9 Å². The van der Waals surface area contributed by atoms with E-state index in [1.54, 1.807) is 0 Å². The molecule has 1 N–H and O–H groups in total. The maximum Gasteiger partial charge on any atom is 0.106 e. The van der Waals surface area contributed by atoms with Crippen LogP contribution < -0.4 is 0 Å². The Morgan fingerprint density at radius 1 is 0.880 bits per heavy atom. The lowest BCUT2D eigenvalue weighted by molar-refractivity contribution is 0.372. The number of H-pyrrole nitrogens is 1. The number of hydrogen-bond donors (Lipinski definition) is 1. The molecular formula is C23H37NO. The second-order valence-electron chi connectivity index (χ2n) is 10.2. The first-order valence-corrected chi connectivity index (χ1v) is 9.61. The quantitative estimate of drug-likeness (QED) is 0.597. The van der Waals surface area contributed by atoms with Crippen LogP contribution in [-0.4, -0.2) is 4.98 Å². The molecule has 0 aliphatic heterocycles. The summed E-state index contributed by atoms with van der Waals surface area (Å²) >= 11 is 0. The Labute approximate surface area is 154 Å². The molecule has 2 aromatic rings. The van der Waals surface area contributed by atoms with Gasteiger partial charge in [0, 0.05) is 23.2 Å². The highest BCUT2D eigenvalue weighted by atomic mass is 16.3. The van der Waals surface area contributed by atoms with E-state index in [2.05, 4.69) is 85.6 Å². The van der Waals surface area contributed by atoms with E-state index in [0.717, 1.165) is 18.6 Å². The van der Waals surface area contributed by atoms with Gasteiger partial charge in [0.25, 0.3) is 0 Å². The van der Waals surface area contributed by atoms with Crippen molar-refractivity contribution < 1.29 is 4.42 Å². The molecule has 25 heavy (non-hydrogen) atoms. The summed E-state index contributed by atoms with van der Waals surface area (Å²) in [5, 5.41) is 0. The van der Waals surface area contributed by atoms with Gasteiger partial charge in [-0.3, -0.25) is 0 Å². The summed E-state index contributed by atoms with van der Waals surface area (Å²) in [6, 6.07) is 4.59. The molecule has 0 aliphatic rings. The molecule has 2 heterocycles. The molecule has 0 radical (unpaired) electrons. The van der Waals surface area contributed by atoms with E-state index < -0.39 is 0 Å². The Morgan fingerprint density at radius 3 is 1.88 bits per heavy atom. The third-order valence-electron chi connectivity index (χ3n) is 5.62. The molecule has 0 amide bonds. The predicted molar refractivity (Wildman–Crippen MR) is 108 cm³/mol. The Hall–Kier alpha value is -1.44. The zero-order valence-electron chi connectivity index (χ0n) is 17.7. The highest BCUT2D eigenvalue weighted by Gasteiger charge is 2.30. The van der Waals surface area contributed by atoms with Crippen LogP contribution in [0, 0.1) is 0 Å². The predicted octanol–water partition coefficient (Wildman–Crippen LogP) is 7.06. The van der Waals surface area contributed by atoms with Gasteiger partial charge >= 0.3 is 0 Å². The molecule has 0 spiro atoms. The zero-order chi connectivity index (χ0) is 19.0. The minimum Gasteiger partial charge on any atom is -0.469 e. The fraction of sp³-hybridized carbons (Fsp3) is 0.652. The van der Waals surface area contributed by atoms with Gasteiger partial charge in [-0.15, -0.1) is 0 Å². The molecule has 0 fully saturated rings. The number of aromatic amines is 1. The summed E-state index contributed by atoms with van der Waals surface area (Å²) in [4.78, 5) is 3.48. The first-order valence-electron chi connectivity index (χ1n) is 9.61. The van der Waals surface area contributed by atoms with Gasteiger partial charge in [-0.25, -0.2) is 0 Å². The molecule has 0 bridgehead atoms. The summed E-state index contributed by atoms with van der Waals surface area (Å²) in [6.07, 6.45) is 6.43. The monoisotopic (exact) mass is 343 g/mol. The Morgan fingerprint density at radius 2 is 1.44 bits per heavy atom. The summed E-state index contributed by atoms with van der Waals surface area (Å²) in [5.41, 5.74) is 4.47. The van der Waals surface area contributed by atoms with Crippen LogP contribution in [0.2, 0.25) is 0 Å². The highest BCUT2D eigenvalue weighted by Crippen LogP contribution is 2.38. The second-order valence-corrected chi connectivity index (χ2v) is 10.2. The summed E-state index contributed by atoms with van der Waals surface area (Å²) in [6.45, 7) is 20.5. The molecular weight excluding hydrogens is 306 g/mol. The first kappa shape index (κ1) is 19.9. The zero-order valence-corrected chi connectivity index (χ0v) is 17.7. The summed E-state index contributed by atoms with van der Waals surface area (Å²) in [7, 11) is 0. The number of hydrogen-bond acceptors (Lipinski definition) is 1. The minimum atomic E-state index is 0.122. The van der Waals surface area contributed by atoms with Gasteiger partial charge in [0.15, 0.2) is 0 Å². The molecule has 2 rings (SSSR count). The van der Waals surface area contributed by atoms with Crippen molar-refractivity contribution in [1.29, 1.82) is 0 Å². The topological polar surface area (TPSA) is 28.9 Å². The summed E-state index contributed by atoms with van der Waals surface area (Å²) in [5.74, 6) is 1.53. The van der Waals surface area contributed by atoms with Crippen LogP contribution in [0.4, 0.5) is 0 Å². The Kier molecular flexibility index (Phi) is 5.33. The molecule has 0 unspecified atom stereocenters. The van der Waals surface area contributed by atoms with Gasteiger partial charge < -0.3 is 9.40 Å². The van der Waals surface area contributed by atoms with Crippen molar-refractivity contribution in [2.45, 2.75) is 97.3 Å². The standard InChI is InChI=1S/C23H37NO/c1-16(2)19-12-18(15-25-19)23(8,9)11-10-22(6,7)17-13-20(24-14-17)21(3,4)5/h12-16,24H,10-11H2,1-9H3. The van der Waals surface area contributed by atoms with Crippen molar-refractivity contribution in [3.8, 4) is 0 Å². The van der Waals surface area contributed by atoms with Gasteiger partial charge in [-0.2, -0.15) is 0 Å². The first-order chi connectivity index (χ1) is 11.3. The lowest BCUT2D eigenvalue weighted by Gasteiger charge is -2.30. The summed E-state index contributed by atoms with van der Waals surface area (Å²) < 4.78 is 5.76. The van der Waals surface area contributed by atoms with Crippen LogP contribution in [0.15, 0.2) is 29.0 Å². The van der Waals surface area contributed by atoms with Crippen molar-refractivity contribution in [3.63, 3.8) is 0 Å². The van der Waals surface area contributed by atoms with Crippen LogP contribution >= 0.6 is 0 Å². The van der Waals surface area contributed by atoms with E-state index in [4.69, 9.17) is 4.42 Å². The largest absolute Gasteiger partial charge is 0.469 e. The van der Waals surface area contributed by atoms with Crippen LogP contribution in [0.5, 0.6) is 0 Å². The van der Waals surface area contributed by atoms with Crippen molar-refractivity contribution in [1.82, 2.24) is 4.98 Å². The van der Waals surface area contributed by atoms with E-state index in [0.29, 0.717) is 5.92 Å². The molecule has 2 nitrogen and oxygen atoms in total. The molecule has 0 saturated carbocycles. The normalized spacial score (nSPS) is 13.7. The molecule has 2 heteroatoms. The molecule has 140 valence electrons. The third kappa shape index (κ3) is 4.59. The average Bonchev–Trinajstić information content (AvgIpc) is 3.14. The fourth-order valence-corrected chi connectivity index (χ4v) is 3.14. The second kappa shape index (κ2) is 6.70.